The summed E-state index contributed by atoms with van der Waals surface area (Å²) in [4.78, 5) is 15.4. The van der Waals surface area contributed by atoms with Gasteiger partial charge in [0.05, 0.1) is 18.1 Å². The largest absolute Gasteiger partial charge is 0.379 e. The molecule has 1 fully saturated rings. The maximum atomic E-state index is 13.2. The van der Waals surface area contributed by atoms with E-state index in [1.807, 2.05) is 41.3 Å². The zero-order valence-corrected chi connectivity index (χ0v) is 20.5. The Kier molecular flexibility index (Phi) is 7.00. The van der Waals surface area contributed by atoms with Crippen LogP contribution in [-0.2, 0) is 32.5 Å². The molecule has 0 spiro atoms. The highest BCUT2D eigenvalue weighted by molar-refractivity contribution is 7.89. The van der Waals surface area contributed by atoms with Crippen molar-refractivity contribution in [2.24, 2.45) is 0 Å². The normalized spacial score (nSPS) is 18.7. The van der Waals surface area contributed by atoms with E-state index in [1.165, 1.54) is 21.0 Å². The summed E-state index contributed by atoms with van der Waals surface area (Å²) >= 11 is 0. The van der Waals surface area contributed by atoms with Crippen molar-refractivity contribution in [3.05, 3.63) is 101 Å². The fourth-order valence-electron chi connectivity index (χ4n) is 4.94. The van der Waals surface area contributed by atoms with E-state index in [2.05, 4.69) is 30.3 Å². The van der Waals surface area contributed by atoms with Crippen molar-refractivity contribution in [1.82, 2.24) is 9.21 Å². The van der Waals surface area contributed by atoms with Gasteiger partial charge >= 0.3 is 0 Å². The first-order valence-electron chi connectivity index (χ1n) is 12.1. The number of benzene rings is 3. The van der Waals surface area contributed by atoms with Gasteiger partial charge in [-0.1, -0.05) is 66.7 Å². The van der Waals surface area contributed by atoms with Crippen LogP contribution in [0.1, 0.15) is 34.6 Å². The van der Waals surface area contributed by atoms with Crippen LogP contribution in [-0.4, -0.2) is 56.4 Å². The van der Waals surface area contributed by atoms with Crippen LogP contribution in [0, 0.1) is 0 Å². The highest BCUT2D eigenvalue weighted by Gasteiger charge is 2.29. The predicted molar refractivity (Wildman–Crippen MR) is 134 cm³/mol. The number of morpholine rings is 1. The van der Waals surface area contributed by atoms with E-state index in [0.717, 1.165) is 5.56 Å². The van der Waals surface area contributed by atoms with Gasteiger partial charge in [-0.2, -0.15) is 4.31 Å². The zero-order chi connectivity index (χ0) is 24.3. The van der Waals surface area contributed by atoms with Gasteiger partial charge < -0.3 is 9.64 Å². The highest BCUT2D eigenvalue weighted by Crippen LogP contribution is 2.33. The molecule has 5 rings (SSSR count). The topological polar surface area (TPSA) is 66.9 Å². The molecule has 0 N–H and O–H groups in total. The lowest BCUT2D eigenvalue weighted by atomic mass is 9.84. The predicted octanol–water partition coefficient (Wildman–Crippen LogP) is 3.81. The minimum atomic E-state index is -3.51. The summed E-state index contributed by atoms with van der Waals surface area (Å²) in [6.45, 7) is 2.88. The lowest BCUT2D eigenvalue weighted by Crippen LogP contribution is -2.40. The second kappa shape index (κ2) is 10.3. The molecule has 6 nitrogen and oxygen atoms in total. The number of amides is 1. The second-order valence-electron chi connectivity index (χ2n) is 9.10. The number of sulfonamides is 1. The summed E-state index contributed by atoms with van der Waals surface area (Å²) in [5.41, 5.74) is 4.66. The van der Waals surface area contributed by atoms with Gasteiger partial charge in [0.1, 0.15) is 0 Å². The van der Waals surface area contributed by atoms with E-state index in [0.29, 0.717) is 52.2 Å². The first kappa shape index (κ1) is 23.7. The molecule has 0 aromatic heterocycles. The number of hydrogen-bond acceptors (Lipinski definition) is 4. The maximum absolute atomic E-state index is 13.2. The molecule has 3 aromatic carbocycles. The molecule has 0 aliphatic carbocycles. The SMILES string of the molecule is O=C(CCc1ccc(S(=O)(=O)N2CCOCC2)cc1)N1Cc2ccccc2[C@@H](c2ccccc2)C1. The monoisotopic (exact) mass is 490 g/mol. The molecule has 182 valence electrons. The number of carbonyl (C=O) groups excluding carboxylic acids is 1. The first-order valence-corrected chi connectivity index (χ1v) is 13.5. The third-order valence-corrected chi connectivity index (χ3v) is 8.82. The molecule has 2 aliphatic heterocycles. The molecule has 1 atom stereocenters. The van der Waals surface area contributed by atoms with Gasteiger partial charge in [0.15, 0.2) is 0 Å². The van der Waals surface area contributed by atoms with Crippen LogP contribution in [0.4, 0.5) is 0 Å². The van der Waals surface area contributed by atoms with Crippen LogP contribution >= 0.6 is 0 Å². The molecule has 0 unspecified atom stereocenters. The van der Waals surface area contributed by atoms with Gasteiger partial charge in [-0.3, -0.25) is 4.79 Å². The number of fused-ring (bicyclic) bond motifs is 1. The minimum absolute atomic E-state index is 0.116. The van der Waals surface area contributed by atoms with Crippen LogP contribution in [0.3, 0.4) is 0 Å². The summed E-state index contributed by atoms with van der Waals surface area (Å²) in [6.07, 6.45) is 0.962. The molecule has 35 heavy (non-hydrogen) atoms. The fourth-order valence-corrected chi connectivity index (χ4v) is 6.35. The van der Waals surface area contributed by atoms with E-state index in [9.17, 15) is 13.2 Å². The van der Waals surface area contributed by atoms with Crippen LogP contribution < -0.4 is 0 Å². The van der Waals surface area contributed by atoms with Crippen LogP contribution in [0.2, 0.25) is 0 Å². The Bertz CT molecular complexity index is 1270. The standard InChI is InChI=1S/C28H30N2O4S/c31-28(15-12-22-10-13-25(14-11-22)35(32,33)30-16-18-34-19-17-30)29-20-24-8-4-5-9-26(24)27(21-29)23-6-2-1-3-7-23/h1-11,13-14,27H,12,15-21H2/t27-/m1/s1. The Morgan fingerprint density at radius 3 is 2.31 bits per heavy atom. The average Bonchev–Trinajstić information content (AvgIpc) is 2.92. The van der Waals surface area contributed by atoms with Crippen LogP contribution in [0.15, 0.2) is 83.8 Å². The fraction of sp³-hybridized carbons (Fsp3) is 0.321. The summed E-state index contributed by atoms with van der Waals surface area (Å²) in [5.74, 6) is 0.278. The molecule has 0 bridgehead atoms. The van der Waals surface area contributed by atoms with Gasteiger partial charge in [-0.05, 0) is 40.8 Å². The summed E-state index contributed by atoms with van der Waals surface area (Å²) in [6, 6.07) is 25.7. The van der Waals surface area contributed by atoms with Crippen LogP contribution in [0.5, 0.6) is 0 Å². The molecular weight excluding hydrogens is 460 g/mol. The Hall–Kier alpha value is -3.00. The van der Waals surface area contributed by atoms with Gasteiger partial charge in [-0.25, -0.2) is 8.42 Å². The molecule has 3 aromatic rings. The van der Waals surface area contributed by atoms with Gasteiger partial charge in [0, 0.05) is 38.5 Å². The molecular formula is C28H30N2O4S. The number of ether oxygens (including phenoxy) is 1. The smallest absolute Gasteiger partial charge is 0.243 e. The molecule has 1 amide bonds. The van der Waals surface area contributed by atoms with Gasteiger partial charge in [-0.15, -0.1) is 0 Å². The second-order valence-corrected chi connectivity index (χ2v) is 11.0. The van der Waals surface area contributed by atoms with Crippen molar-refractivity contribution < 1.29 is 17.9 Å². The number of nitrogens with zero attached hydrogens (tertiary/aromatic N) is 2. The molecule has 2 heterocycles. The third-order valence-electron chi connectivity index (χ3n) is 6.91. The van der Waals surface area contributed by atoms with Crippen molar-refractivity contribution in [3.63, 3.8) is 0 Å². The maximum Gasteiger partial charge on any atom is 0.243 e. The summed E-state index contributed by atoms with van der Waals surface area (Å²) < 4.78 is 32.4. The minimum Gasteiger partial charge on any atom is -0.379 e. The number of rotatable bonds is 6. The van der Waals surface area contributed by atoms with Gasteiger partial charge in [0.25, 0.3) is 0 Å². The van der Waals surface area contributed by atoms with Crippen molar-refractivity contribution in [2.75, 3.05) is 32.8 Å². The van der Waals surface area contributed by atoms with Crippen molar-refractivity contribution in [2.45, 2.75) is 30.2 Å². The molecule has 2 aliphatic rings. The number of aryl methyl sites for hydroxylation is 1. The number of hydrogen-bond donors (Lipinski definition) is 0. The Labute approximate surface area is 207 Å². The van der Waals surface area contributed by atoms with Crippen molar-refractivity contribution in [3.8, 4) is 0 Å². The van der Waals surface area contributed by atoms with E-state index in [-0.39, 0.29) is 16.7 Å². The zero-order valence-electron chi connectivity index (χ0n) is 19.7. The van der Waals surface area contributed by atoms with Crippen LogP contribution in [0.25, 0.3) is 0 Å². The Morgan fingerprint density at radius 1 is 0.886 bits per heavy atom. The Balaban J connectivity index is 1.25. The highest BCUT2D eigenvalue weighted by atomic mass is 32.2. The van der Waals surface area contributed by atoms with E-state index in [4.69, 9.17) is 4.74 Å². The summed E-state index contributed by atoms with van der Waals surface area (Å²) in [7, 11) is -3.51. The quantitative estimate of drug-likeness (QED) is 0.527. The van der Waals surface area contributed by atoms with Gasteiger partial charge in [0.2, 0.25) is 15.9 Å². The molecule has 7 heteroatoms. The first-order chi connectivity index (χ1) is 17.0. The Morgan fingerprint density at radius 2 is 1.57 bits per heavy atom. The van der Waals surface area contributed by atoms with E-state index < -0.39 is 10.0 Å². The summed E-state index contributed by atoms with van der Waals surface area (Å²) in [5, 5.41) is 0. The lowest BCUT2D eigenvalue weighted by molar-refractivity contribution is -0.132. The third kappa shape index (κ3) is 5.17. The van der Waals surface area contributed by atoms with E-state index >= 15 is 0 Å². The molecule has 1 saturated heterocycles. The van der Waals surface area contributed by atoms with E-state index in [1.54, 1.807) is 12.1 Å². The van der Waals surface area contributed by atoms with Crippen molar-refractivity contribution in [1.29, 1.82) is 0 Å². The average molecular weight is 491 g/mol. The molecule has 0 radical (unpaired) electrons. The number of carbonyl (C=O) groups is 1. The lowest BCUT2D eigenvalue weighted by Gasteiger charge is -2.35. The van der Waals surface area contributed by atoms with Crippen molar-refractivity contribution >= 4 is 15.9 Å². The molecule has 0 saturated carbocycles.